The number of rotatable bonds is 3. The molecule has 0 spiro atoms. The van der Waals surface area contributed by atoms with E-state index in [0.717, 1.165) is 24.0 Å². The third kappa shape index (κ3) is 2.72. The van der Waals surface area contributed by atoms with Crippen LogP contribution >= 0.6 is 0 Å². The molecule has 3 nitrogen and oxygen atoms in total. The van der Waals surface area contributed by atoms with Crippen LogP contribution in [0.3, 0.4) is 0 Å². The van der Waals surface area contributed by atoms with Gasteiger partial charge in [-0.05, 0) is 43.4 Å². The Balaban J connectivity index is 1.76. The van der Waals surface area contributed by atoms with Crippen LogP contribution in [0.1, 0.15) is 76.0 Å². The van der Waals surface area contributed by atoms with E-state index in [4.69, 9.17) is 10.3 Å². The zero-order valence-corrected chi connectivity index (χ0v) is 12.9. The zero-order valence-electron chi connectivity index (χ0n) is 12.9. The predicted molar refractivity (Wildman–Crippen MR) is 81.5 cm³/mol. The van der Waals surface area contributed by atoms with Crippen molar-refractivity contribution in [3.63, 3.8) is 0 Å². The summed E-state index contributed by atoms with van der Waals surface area (Å²) in [7, 11) is 0. The van der Waals surface area contributed by atoms with Gasteiger partial charge in [-0.3, -0.25) is 0 Å². The average molecular weight is 276 g/mol. The van der Waals surface area contributed by atoms with Crippen molar-refractivity contribution in [2.24, 2.45) is 17.8 Å². The molecule has 0 aromatic carbocycles. The molecule has 3 heteroatoms. The molecule has 3 rings (SSSR count). The highest BCUT2D eigenvalue weighted by Gasteiger charge is 2.35. The first-order chi connectivity index (χ1) is 9.65. The SMILES string of the molecule is CC(C)Cc1c(N)noc1C1CCC2CCCCC2C1. The molecule has 0 aliphatic heterocycles. The van der Waals surface area contributed by atoms with E-state index in [0.29, 0.717) is 17.7 Å². The van der Waals surface area contributed by atoms with Crippen LogP contribution in [0.2, 0.25) is 0 Å². The van der Waals surface area contributed by atoms with E-state index >= 15 is 0 Å². The first-order valence-corrected chi connectivity index (χ1v) is 8.39. The van der Waals surface area contributed by atoms with Gasteiger partial charge in [0, 0.05) is 11.5 Å². The van der Waals surface area contributed by atoms with E-state index in [2.05, 4.69) is 19.0 Å². The van der Waals surface area contributed by atoms with Gasteiger partial charge in [-0.25, -0.2) is 0 Å². The maximum atomic E-state index is 6.02. The van der Waals surface area contributed by atoms with Gasteiger partial charge in [-0.1, -0.05) is 44.7 Å². The third-order valence-corrected chi connectivity index (χ3v) is 5.37. The van der Waals surface area contributed by atoms with Crippen LogP contribution < -0.4 is 5.73 Å². The number of nitrogens with two attached hydrogens (primary N) is 1. The largest absolute Gasteiger partial charge is 0.381 e. The van der Waals surface area contributed by atoms with Gasteiger partial charge in [0.25, 0.3) is 0 Å². The minimum absolute atomic E-state index is 0.563. The molecule has 1 aromatic heterocycles. The number of aromatic nitrogens is 1. The Hall–Kier alpha value is -0.990. The Morgan fingerprint density at radius 3 is 2.65 bits per heavy atom. The van der Waals surface area contributed by atoms with Crippen LogP contribution in [-0.2, 0) is 6.42 Å². The number of hydrogen-bond donors (Lipinski definition) is 1. The lowest BCUT2D eigenvalue weighted by atomic mass is 9.67. The fourth-order valence-electron chi connectivity index (χ4n) is 4.38. The molecule has 2 saturated carbocycles. The minimum atomic E-state index is 0.563. The highest BCUT2D eigenvalue weighted by atomic mass is 16.5. The topological polar surface area (TPSA) is 52.0 Å². The summed E-state index contributed by atoms with van der Waals surface area (Å²) in [6.45, 7) is 4.46. The first kappa shape index (κ1) is 14.0. The van der Waals surface area contributed by atoms with Crippen LogP contribution in [0.25, 0.3) is 0 Å². The lowest BCUT2D eigenvalue weighted by Crippen LogP contribution is -2.27. The molecule has 1 heterocycles. The molecule has 2 aliphatic carbocycles. The van der Waals surface area contributed by atoms with Crippen molar-refractivity contribution < 1.29 is 4.52 Å². The predicted octanol–water partition coefficient (Wildman–Crippen LogP) is 4.53. The Bertz CT molecular complexity index is 452. The zero-order chi connectivity index (χ0) is 14.1. The lowest BCUT2D eigenvalue weighted by Gasteiger charge is -2.38. The van der Waals surface area contributed by atoms with Crippen molar-refractivity contribution in [1.82, 2.24) is 5.16 Å². The van der Waals surface area contributed by atoms with Gasteiger partial charge in [0.05, 0.1) is 0 Å². The van der Waals surface area contributed by atoms with Crippen LogP contribution in [0.5, 0.6) is 0 Å². The standard InChI is InChI=1S/C17H28N2O/c1-11(2)9-15-16(20-19-17(15)18)14-8-7-12-5-3-4-6-13(12)10-14/h11-14H,3-10H2,1-2H3,(H2,18,19). The molecule has 0 saturated heterocycles. The molecule has 2 N–H and O–H groups in total. The van der Waals surface area contributed by atoms with Gasteiger partial charge < -0.3 is 10.3 Å². The highest BCUT2D eigenvalue weighted by Crippen LogP contribution is 2.47. The number of nitrogens with zero attached hydrogens (tertiary/aromatic N) is 1. The van der Waals surface area contributed by atoms with E-state index in [1.54, 1.807) is 0 Å². The molecular formula is C17H28N2O. The highest BCUT2D eigenvalue weighted by molar-refractivity contribution is 5.42. The Morgan fingerprint density at radius 1 is 1.15 bits per heavy atom. The summed E-state index contributed by atoms with van der Waals surface area (Å²) in [6, 6.07) is 0. The number of hydrogen-bond acceptors (Lipinski definition) is 3. The van der Waals surface area contributed by atoms with Gasteiger partial charge in [-0.15, -0.1) is 0 Å². The lowest BCUT2D eigenvalue weighted by molar-refractivity contribution is 0.144. The van der Waals surface area contributed by atoms with Crippen LogP contribution in [-0.4, -0.2) is 5.16 Å². The molecule has 0 radical (unpaired) electrons. The normalized spacial score (nSPS) is 30.4. The maximum absolute atomic E-state index is 6.02. The molecule has 20 heavy (non-hydrogen) atoms. The van der Waals surface area contributed by atoms with E-state index in [9.17, 15) is 0 Å². The number of nitrogen functional groups attached to an aromatic ring is 1. The number of anilines is 1. The smallest absolute Gasteiger partial charge is 0.170 e. The Kier molecular flexibility index (Phi) is 4.04. The van der Waals surface area contributed by atoms with Crippen molar-refractivity contribution in [2.75, 3.05) is 5.73 Å². The van der Waals surface area contributed by atoms with Crippen molar-refractivity contribution >= 4 is 5.82 Å². The summed E-state index contributed by atoms with van der Waals surface area (Å²) < 4.78 is 5.64. The summed E-state index contributed by atoms with van der Waals surface area (Å²) >= 11 is 0. The molecule has 112 valence electrons. The second kappa shape index (κ2) is 5.79. The van der Waals surface area contributed by atoms with Gasteiger partial charge in [-0.2, -0.15) is 0 Å². The fourth-order valence-corrected chi connectivity index (χ4v) is 4.38. The van der Waals surface area contributed by atoms with Crippen molar-refractivity contribution in [3.8, 4) is 0 Å². The maximum Gasteiger partial charge on any atom is 0.170 e. The second-order valence-electron chi connectivity index (χ2n) is 7.32. The molecule has 0 bridgehead atoms. The molecule has 1 aromatic rings. The summed E-state index contributed by atoms with van der Waals surface area (Å²) in [5.41, 5.74) is 7.22. The number of fused-ring (bicyclic) bond motifs is 1. The van der Waals surface area contributed by atoms with Crippen molar-refractivity contribution in [1.29, 1.82) is 0 Å². The summed E-state index contributed by atoms with van der Waals surface area (Å²) in [6.07, 6.45) is 10.7. The molecule has 3 unspecified atom stereocenters. The fraction of sp³-hybridized carbons (Fsp3) is 0.824. The van der Waals surface area contributed by atoms with E-state index in [1.165, 1.54) is 50.5 Å². The quantitative estimate of drug-likeness (QED) is 0.882. The van der Waals surface area contributed by atoms with E-state index in [-0.39, 0.29) is 0 Å². The molecular weight excluding hydrogens is 248 g/mol. The van der Waals surface area contributed by atoms with Gasteiger partial charge >= 0.3 is 0 Å². The van der Waals surface area contributed by atoms with Crippen LogP contribution in [0.15, 0.2) is 4.52 Å². The molecule has 3 atom stereocenters. The van der Waals surface area contributed by atoms with Gasteiger partial charge in [0.15, 0.2) is 5.82 Å². The van der Waals surface area contributed by atoms with Crippen LogP contribution in [0, 0.1) is 17.8 Å². The van der Waals surface area contributed by atoms with Crippen molar-refractivity contribution in [2.45, 2.75) is 71.1 Å². The third-order valence-electron chi connectivity index (χ3n) is 5.37. The molecule has 2 aliphatic rings. The van der Waals surface area contributed by atoms with Gasteiger partial charge in [0.1, 0.15) is 5.76 Å². The molecule has 0 amide bonds. The Labute approximate surface area is 122 Å². The van der Waals surface area contributed by atoms with E-state index in [1.807, 2.05) is 0 Å². The summed E-state index contributed by atoms with van der Waals surface area (Å²) in [5, 5.41) is 4.05. The van der Waals surface area contributed by atoms with Gasteiger partial charge in [0.2, 0.25) is 0 Å². The van der Waals surface area contributed by atoms with Crippen molar-refractivity contribution in [3.05, 3.63) is 11.3 Å². The Morgan fingerprint density at radius 2 is 1.90 bits per heavy atom. The second-order valence-corrected chi connectivity index (χ2v) is 7.32. The van der Waals surface area contributed by atoms with Crippen LogP contribution in [0.4, 0.5) is 5.82 Å². The average Bonchev–Trinajstić information content (AvgIpc) is 2.79. The summed E-state index contributed by atoms with van der Waals surface area (Å²) in [5.74, 6) is 4.80. The monoisotopic (exact) mass is 276 g/mol. The van der Waals surface area contributed by atoms with E-state index < -0.39 is 0 Å². The minimum Gasteiger partial charge on any atom is -0.381 e. The molecule has 2 fully saturated rings. The summed E-state index contributed by atoms with van der Waals surface area (Å²) in [4.78, 5) is 0. The first-order valence-electron chi connectivity index (χ1n) is 8.39.